The summed E-state index contributed by atoms with van der Waals surface area (Å²) in [6.45, 7) is 3.98. The van der Waals surface area contributed by atoms with E-state index in [4.69, 9.17) is 0 Å². The molecule has 1 amide bonds. The first-order chi connectivity index (χ1) is 11.2. The average molecular weight is 309 g/mol. The molecule has 3 heterocycles. The number of nitrogens with one attached hydrogen (secondary N) is 2. The van der Waals surface area contributed by atoms with E-state index in [1.54, 1.807) is 12.4 Å². The van der Waals surface area contributed by atoms with E-state index >= 15 is 0 Å². The second-order valence-corrected chi connectivity index (χ2v) is 6.06. The molecule has 0 saturated carbocycles. The molecule has 0 unspecified atom stereocenters. The fraction of sp³-hybridized carbons (Fsp3) is 0.353. The second kappa shape index (κ2) is 5.53. The van der Waals surface area contributed by atoms with Crippen molar-refractivity contribution in [2.45, 2.75) is 25.9 Å². The number of hydrogen-bond donors (Lipinski definition) is 2. The summed E-state index contributed by atoms with van der Waals surface area (Å²) >= 11 is 0. The van der Waals surface area contributed by atoms with Gasteiger partial charge in [-0.3, -0.25) is 4.79 Å². The third kappa shape index (κ3) is 2.50. The average Bonchev–Trinajstić information content (AvgIpc) is 3.09. The standard InChI is InChI=1S/C17H19N5O/c1-11-5-4-6-13-14(11)16(23)21-15(20-13)12-9-18-17(19-10-12)22-7-2-3-8-22/h4-6,9-10,15,20H,2-3,7-8H2,1H3,(H,21,23)/t15-/m0/s1. The number of aryl methyl sites for hydroxylation is 1. The summed E-state index contributed by atoms with van der Waals surface area (Å²) in [6, 6.07) is 5.81. The third-order valence-corrected chi connectivity index (χ3v) is 4.46. The van der Waals surface area contributed by atoms with Crippen LogP contribution in [0.4, 0.5) is 11.6 Å². The largest absolute Gasteiger partial charge is 0.361 e. The van der Waals surface area contributed by atoms with Gasteiger partial charge < -0.3 is 15.5 Å². The molecule has 118 valence electrons. The molecule has 6 heteroatoms. The molecular formula is C17H19N5O. The number of benzene rings is 1. The van der Waals surface area contributed by atoms with Gasteiger partial charge >= 0.3 is 0 Å². The predicted octanol–water partition coefficient (Wildman–Crippen LogP) is 2.24. The van der Waals surface area contributed by atoms with E-state index in [1.807, 2.05) is 25.1 Å². The zero-order valence-corrected chi connectivity index (χ0v) is 13.0. The molecule has 2 aliphatic rings. The van der Waals surface area contributed by atoms with Crippen LogP contribution in [0.25, 0.3) is 0 Å². The number of anilines is 2. The summed E-state index contributed by atoms with van der Waals surface area (Å²) < 4.78 is 0. The Hall–Kier alpha value is -2.63. The monoisotopic (exact) mass is 309 g/mol. The Bertz CT molecular complexity index is 737. The lowest BCUT2D eigenvalue weighted by Gasteiger charge is -2.28. The molecule has 0 radical (unpaired) electrons. The molecule has 0 bridgehead atoms. The minimum atomic E-state index is -0.301. The predicted molar refractivity (Wildman–Crippen MR) is 88.5 cm³/mol. The van der Waals surface area contributed by atoms with Crippen molar-refractivity contribution in [2.24, 2.45) is 0 Å². The molecule has 2 aliphatic heterocycles. The second-order valence-electron chi connectivity index (χ2n) is 6.06. The van der Waals surface area contributed by atoms with Crippen molar-refractivity contribution in [1.82, 2.24) is 15.3 Å². The van der Waals surface area contributed by atoms with Crippen LogP contribution in [0.5, 0.6) is 0 Å². The van der Waals surface area contributed by atoms with Gasteiger partial charge in [-0.15, -0.1) is 0 Å². The number of amides is 1. The van der Waals surface area contributed by atoms with Gasteiger partial charge in [0.15, 0.2) is 0 Å². The van der Waals surface area contributed by atoms with Gasteiger partial charge in [0.05, 0.1) is 5.56 Å². The molecule has 6 nitrogen and oxygen atoms in total. The number of aromatic nitrogens is 2. The smallest absolute Gasteiger partial charge is 0.255 e. The van der Waals surface area contributed by atoms with Crippen molar-refractivity contribution in [3.05, 3.63) is 47.3 Å². The maximum atomic E-state index is 12.4. The maximum Gasteiger partial charge on any atom is 0.255 e. The van der Waals surface area contributed by atoms with E-state index < -0.39 is 0 Å². The van der Waals surface area contributed by atoms with Crippen LogP contribution in [0.15, 0.2) is 30.6 Å². The van der Waals surface area contributed by atoms with Gasteiger partial charge in [0.2, 0.25) is 5.95 Å². The lowest BCUT2D eigenvalue weighted by Crippen LogP contribution is -2.39. The van der Waals surface area contributed by atoms with Gasteiger partial charge in [-0.05, 0) is 31.4 Å². The number of fused-ring (bicyclic) bond motifs is 1. The first-order valence-corrected chi connectivity index (χ1v) is 7.96. The SMILES string of the molecule is Cc1cccc2c1C(=O)N[C@@H](c1cnc(N3CCCC3)nc1)N2. The Morgan fingerprint density at radius 2 is 1.87 bits per heavy atom. The van der Waals surface area contributed by atoms with E-state index in [-0.39, 0.29) is 12.1 Å². The number of carbonyl (C=O) groups excluding carboxylic acids is 1. The fourth-order valence-corrected chi connectivity index (χ4v) is 3.21. The van der Waals surface area contributed by atoms with Crippen LogP contribution < -0.4 is 15.5 Å². The third-order valence-electron chi connectivity index (χ3n) is 4.46. The van der Waals surface area contributed by atoms with E-state index in [0.29, 0.717) is 5.56 Å². The van der Waals surface area contributed by atoms with Crippen molar-refractivity contribution in [3.8, 4) is 0 Å². The van der Waals surface area contributed by atoms with Crippen molar-refractivity contribution in [1.29, 1.82) is 0 Å². The van der Waals surface area contributed by atoms with Gasteiger partial charge in [-0.2, -0.15) is 0 Å². The van der Waals surface area contributed by atoms with Crippen molar-refractivity contribution in [2.75, 3.05) is 23.3 Å². The minimum Gasteiger partial charge on any atom is -0.361 e. The van der Waals surface area contributed by atoms with E-state index in [2.05, 4.69) is 25.5 Å². The molecule has 2 aromatic rings. The van der Waals surface area contributed by atoms with Crippen molar-refractivity contribution in [3.63, 3.8) is 0 Å². The Balaban J connectivity index is 1.58. The summed E-state index contributed by atoms with van der Waals surface area (Å²) in [6.07, 6.45) is 5.67. The van der Waals surface area contributed by atoms with Gasteiger partial charge in [0, 0.05) is 36.7 Å². The molecule has 1 saturated heterocycles. The highest BCUT2D eigenvalue weighted by molar-refractivity contribution is 6.03. The van der Waals surface area contributed by atoms with Crippen LogP contribution >= 0.6 is 0 Å². The summed E-state index contributed by atoms with van der Waals surface area (Å²) in [4.78, 5) is 23.5. The molecule has 0 spiro atoms. The zero-order chi connectivity index (χ0) is 15.8. The first kappa shape index (κ1) is 14.0. The Morgan fingerprint density at radius 1 is 1.13 bits per heavy atom. The topological polar surface area (TPSA) is 70.2 Å². The van der Waals surface area contributed by atoms with Crippen molar-refractivity contribution < 1.29 is 4.79 Å². The normalized spacial score (nSPS) is 20.0. The van der Waals surface area contributed by atoms with Crippen LogP contribution in [0.3, 0.4) is 0 Å². The van der Waals surface area contributed by atoms with Gasteiger partial charge in [0.25, 0.3) is 5.91 Å². The molecule has 2 N–H and O–H groups in total. The number of nitrogens with zero attached hydrogens (tertiary/aromatic N) is 3. The van der Waals surface area contributed by atoms with Gasteiger partial charge in [-0.1, -0.05) is 12.1 Å². The van der Waals surface area contributed by atoms with Crippen molar-refractivity contribution >= 4 is 17.5 Å². The summed E-state index contributed by atoms with van der Waals surface area (Å²) in [5.41, 5.74) is 3.38. The lowest BCUT2D eigenvalue weighted by molar-refractivity contribution is 0.0935. The molecular weight excluding hydrogens is 290 g/mol. The van der Waals surface area contributed by atoms with Crippen LogP contribution in [-0.2, 0) is 0 Å². The van der Waals surface area contributed by atoms with Crippen LogP contribution in [0.2, 0.25) is 0 Å². The molecule has 1 aromatic heterocycles. The quantitative estimate of drug-likeness (QED) is 0.890. The molecule has 1 atom stereocenters. The van der Waals surface area contributed by atoms with E-state index in [9.17, 15) is 4.79 Å². The fourth-order valence-electron chi connectivity index (χ4n) is 3.21. The van der Waals surface area contributed by atoms with Gasteiger partial charge in [-0.25, -0.2) is 9.97 Å². The highest BCUT2D eigenvalue weighted by Crippen LogP contribution is 2.28. The maximum absolute atomic E-state index is 12.4. The summed E-state index contributed by atoms with van der Waals surface area (Å²) in [5, 5.41) is 6.32. The van der Waals surface area contributed by atoms with E-state index in [0.717, 1.165) is 35.9 Å². The summed E-state index contributed by atoms with van der Waals surface area (Å²) in [5.74, 6) is 0.704. The molecule has 1 fully saturated rings. The highest BCUT2D eigenvalue weighted by Gasteiger charge is 2.26. The van der Waals surface area contributed by atoms with Gasteiger partial charge in [0.1, 0.15) is 6.17 Å². The molecule has 4 rings (SSSR count). The number of rotatable bonds is 2. The lowest BCUT2D eigenvalue weighted by atomic mass is 10.0. The Labute approximate surface area is 134 Å². The number of hydrogen-bond acceptors (Lipinski definition) is 5. The Morgan fingerprint density at radius 3 is 2.61 bits per heavy atom. The van der Waals surface area contributed by atoms with Crippen LogP contribution in [0, 0.1) is 6.92 Å². The molecule has 23 heavy (non-hydrogen) atoms. The summed E-state index contributed by atoms with van der Waals surface area (Å²) in [7, 11) is 0. The van der Waals surface area contributed by atoms with Crippen LogP contribution in [0.1, 0.15) is 40.5 Å². The van der Waals surface area contributed by atoms with Crippen LogP contribution in [-0.4, -0.2) is 29.0 Å². The highest BCUT2D eigenvalue weighted by atomic mass is 16.2. The molecule has 0 aliphatic carbocycles. The Kier molecular flexibility index (Phi) is 3.37. The van der Waals surface area contributed by atoms with E-state index in [1.165, 1.54) is 12.8 Å². The first-order valence-electron chi connectivity index (χ1n) is 7.96. The zero-order valence-electron chi connectivity index (χ0n) is 13.0. The minimum absolute atomic E-state index is 0.0644. The molecule has 1 aromatic carbocycles. The number of carbonyl (C=O) groups is 1.